The Kier molecular flexibility index (Phi) is 16.1. The summed E-state index contributed by atoms with van der Waals surface area (Å²) >= 11 is 0. The molecular formula is C16H33IN4O. The Bertz CT molecular complexity index is 334. The van der Waals surface area contributed by atoms with Crippen LogP contribution in [0, 0.1) is 0 Å². The second-order valence-corrected chi connectivity index (χ2v) is 5.21. The minimum atomic E-state index is 0. The molecule has 0 aromatic rings. The number of nitrogens with one attached hydrogen (secondary N) is 2. The highest BCUT2D eigenvalue weighted by Gasteiger charge is 2.07. The maximum atomic E-state index is 11.7. The van der Waals surface area contributed by atoms with Gasteiger partial charge in [0, 0.05) is 32.6 Å². The second kappa shape index (κ2) is 15.1. The first-order valence-electron chi connectivity index (χ1n) is 7.94. The number of aliphatic imine (C=N–C) groups is 1. The average molecular weight is 424 g/mol. The molecule has 0 aromatic heterocycles. The Morgan fingerprint density at radius 2 is 2.09 bits per heavy atom. The lowest BCUT2D eigenvalue weighted by molar-refractivity contribution is -0.121. The standard InChI is InChI=1S/C16H32N4O.HI/c1-6-9-10-13-20(5)16(17-8-3)18-12-11-15(21)19-14(4)7-2;/h6,14H,1,7-13H2,2-5H3,(H,17,18)(H,19,21);1H. The largest absolute Gasteiger partial charge is 0.357 e. The minimum absolute atomic E-state index is 0. The van der Waals surface area contributed by atoms with E-state index in [0.29, 0.717) is 13.0 Å². The van der Waals surface area contributed by atoms with Crippen molar-refractivity contribution in [1.29, 1.82) is 0 Å². The molecule has 1 unspecified atom stereocenters. The van der Waals surface area contributed by atoms with E-state index in [4.69, 9.17) is 0 Å². The zero-order chi connectivity index (χ0) is 16.1. The fourth-order valence-corrected chi connectivity index (χ4v) is 1.76. The van der Waals surface area contributed by atoms with Crippen LogP contribution in [0.1, 0.15) is 46.5 Å². The number of guanidine groups is 1. The van der Waals surface area contributed by atoms with Crippen LogP contribution in [0.3, 0.4) is 0 Å². The Morgan fingerprint density at radius 3 is 2.64 bits per heavy atom. The van der Waals surface area contributed by atoms with Gasteiger partial charge in [-0.2, -0.15) is 0 Å². The first kappa shape index (κ1) is 23.5. The van der Waals surface area contributed by atoms with Gasteiger partial charge in [-0.05, 0) is 33.1 Å². The van der Waals surface area contributed by atoms with Crippen molar-refractivity contribution < 1.29 is 4.79 Å². The monoisotopic (exact) mass is 424 g/mol. The third-order valence-electron chi connectivity index (χ3n) is 3.22. The number of carbonyl (C=O) groups excluding carboxylic acids is 1. The maximum absolute atomic E-state index is 11.7. The predicted molar refractivity (Wildman–Crippen MR) is 106 cm³/mol. The van der Waals surface area contributed by atoms with Gasteiger partial charge in [0.25, 0.3) is 0 Å². The first-order chi connectivity index (χ1) is 10.0. The lowest BCUT2D eigenvalue weighted by atomic mass is 10.2. The van der Waals surface area contributed by atoms with Gasteiger partial charge < -0.3 is 15.5 Å². The molecule has 0 aromatic carbocycles. The molecule has 0 heterocycles. The number of hydrogen-bond donors (Lipinski definition) is 2. The molecule has 5 nitrogen and oxygen atoms in total. The van der Waals surface area contributed by atoms with Crippen molar-refractivity contribution in [3.63, 3.8) is 0 Å². The summed E-state index contributed by atoms with van der Waals surface area (Å²) in [5.74, 6) is 0.927. The molecule has 0 aliphatic rings. The van der Waals surface area contributed by atoms with Crippen LogP contribution in [0.25, 0.3) is 0 Å². The number of carbonyl (C=O) groups is 1. The van der Waals surface area contributed by atoms with Crippen LogP contribution < -0.4 is 10.6 Å². The number of unbranched alkanes of at least 4 members (excludes halogenated alkanes) is 1. The summed E-state index contributed by atoms with van der Waals surface area (Å²) in [6.45, 7) is 12.1. The van der Waals surface area contributed by atoms with Crippen LogP contribution >= 0.6 is 24.0 Å². The fourth-order valence-electron chi connectivity index (χ4n) is 1.76. The molecule has 0 radical (unpaired) electrons. The van der Waals surface area contributed by atoms with Crippen LogP contribution in [0.4, 0.5) is 0 Å². The average Bonchev–Trinajstić information content (AvgIpc) is 2.46. The zero-order valence-electron chi connectivity index (χ0n) is 14.5. The lowest BCUT2D eigenvalue weighted by Gasteiger charge is -2.21. The summed E-state index contributed by atoms with van der Waals surface area (Å²) in [7, 11) is 2.02. The summed E-state index contributed by atoms with van der Waals surface area (Å²) in [5.41, 5.74) is 0. The van der Waals surface area contributed by atoms with Gasteiger partial charge in [-0.3, -0.25) is 9.79 Å². The molecule has 6 heteroatoms. The molecule has 0 spiro atoms. The molecule has 0 rings (SSSR count). The molecule has 22 heavy (non-hydrogen) atoms. The summed E-state index contributed by atoms with van der Waals surface area (Å²) in [5, 5.41) is 6.21. The molecule has 1 atom stereocenters. The molecule has 0 aliphatic carbocycles. The third kappa shape index (κ3) is 11.8. The Morgan fingerprint density at radius 1 is 1.41 bits per heavy atom. The molecule has 0 aliphatic heterocycles. The van der Waals surface area contributed by atoms with Gasteiger partial charge >= 0.3 is 0 Å². The Balaban J connectivity index is 0. The van der Waals surface area contributed by atoms with E-state index >= 15 is 0 Å². The fraction of sp³-hybridized carbons (Fsp3) is 0.750. The van der Waals surface area contributed by atoms with Crippen LogP contribution in [-0.4, -0.2) is 49.5 Å². The van der Waals surface area contributed by atoms with Crippen LogP contribution in [0.15, 0.2) is 17.6 Å². The van der Waals surface area contributed by atoms with Crippen LogP contribution in [0.2, 0.25) is 0 Å². The van der Waals surface area contributed by atoms with Gasteiger partial charge in [0.1, 0.15) is 0 Å². The topological polar surface area (TPSA) is 56.7 Å². The summed E-state index contributed by atoms with van der Waals surface area (Å²) < 4.78 is 0. The van der Waals surface area contributed by atoms with Gasteiger partial charge in [0.2, 0.25) is 5.91 Å². The molecule has 0 bridgehead atoms. The highest BCUT2D eigenvalue weighted by atomic mass is 127. The quantitative estimate of drug-likeness (QED) is 0.187. The van der Waals surface area contributed by atoms with Crippen molar-refractivity contribution in [1.82, 2.24) is 15.5 Å². The minimum Gasteiger partial charge on any atom is -0.357 e. The molecular weight excluding hydrogens is 391 g/mol. The first-order valence-corrected chi connectivity index (χ1v) is 7.94. The molecule has 0 saturated carbocycles. The highest BCUT2D eigenvalue weighted by molar-refractivity contribution is 14.0. The summed E-state index contributed by atoms with van der Waals surface area (Å²) in [6.07, 6.45) is 5.36. The number of rotatable bonds is 10. The normalized spacial score (nSPS) is 12.1. The van der Waals surface area contributed by atoms with Gasteiger partial charge in [-0.1, -0.05) is 13.0 Å². The van der Waals surface area contributed by atoms with E-state index in [1.54, 1.807) is 0 Å². The number of halogens is 1. The predicted octanol–water partition coefficient (Wildman–Crippen LogP) is 2.77. The van der Waals surface area contributed by atoms with Crippen molar-refractivity contribution in [2.24, 2.45) is 4.99 Å². The summed E-state index contributed by atoms with van der Waals surface area (Å²) in [4.78, 5) is 18.3. The van der Waals surface area contributed by atoms with E-state index < -0.39 is 0 Å². The van der Waals surface area contributed by atoms with Gasteiger partial charge in [-0.25, -0.2) is 0 Å². The molecule has 130 valence electrons. The molecule has 0 fully saturated rings. The van der Waals surface area contributed by atoms with E-state index in [1.165, 1.54) is 0 Å². The molecule has 1 amide bonds. The van der Waals surface area contributed by atoms with Crippen molar-refractivity contribution in [3.05, 3.63) is 12.7 Å². The van der Waals surface area contributed by atoms with E-state index in [2.05, 4.69) is 34.0 Å². The van der Waals surface area contributed by atoms with Crippen LogP contribution in [0.5, 0.6) is 0 Å². The summed E-state index contributed by atoms with van der Waals surface area (Å²) in [6, 6.07) is 0.233. The SMILES string of the molecule is C=CCCCN(C)C(=NCCC(=O)NC(C)CC)NCC.I. The van der Waals surface area contributed by atoms with Crippen molar-refractivity contribution >= 4 is 35.8 Å². The van der Waals surface area contributed by atoms with Crippen molar-refractivity contribution in [2.75, 3.05) is 26.7 Å². The Hall–Kier alpha value is -0.790. The number of allylic oxidation sites excluding steroid dienone is 1. The Labute approximate surface area is 153 Å². The van der Waals surface area contributed by atoms with Gasteiger partial charge in [-0.15, -0.1) is 30.6 Å². The molecule has 2 N–H and O–H groups in total. The van der Waals surface area contributed by atoms with Crippen LogP contribution in [-0.2, 0) is 4.79 Å². The van der Waals surface area contributed by atoms with E-state index in [0.717, 1.165) is 38.3 Å². The third-order valence-corrected chi connectivity index (χ3v) is 3.22. The van der Waals surface area contributed by atoms with Gasteiger partial charge in [0.15, 0.2) is 5.96 Å². The number of nitrogens with zero attached hydrogens (tertiary/aromatic N) is 2. The maximum Gasteiger partial charge on any atom is 0.222 e. The lowest BCUT2D eigenvalue weighted by Crippen LogP contribution is -2.39. The molecule has 0 saturated heterocycles. The number of hydrogen-bond acceptors (Lipinski definition) is 2. The highest BCUT2D eigenvalue weighted by Crippen LogP contribution is 1.96. The smallest absolute Gasteiger partial charge is 0.222 e. The second-order valence-electron chi connectivity index (χ2n) is 5.21. The van der Waals surface area contributed by atoms with Crippen molar-refractivity contribution in [3.8, 4) is 0 Å². The zero-order valence-corrected chi connectivity index (χ0v) is 16.9. The van der Waals surface area contributed by atoms with E-state index in [9.17, 15) is 4.79 Å². The van der Waals surface area contributed by atoms with Gasteiger partial charge in [0.05, 0.1) is 6.54 Å². The van der Waals surface area contributed by atoms with E-state index in [1.807, 2.05) is 27.0 Å². The van der Waals surface area contributed by atoms with E-state index in [-0.39, 0.29) is 35.9 Å². The van der Waals surface area contributed by atoms with Crippen molar-refractivity contribution in [2.45, 2.75) is 52.5 Å². The number of amides is 1.